The summed E-state index contributed by atoms with van der Waals surface area (Å²) in [6.07, 6.45) is 5.20. The van der Waals surface area contributed by atoms with Gasteiger partial charge in [0.1, 0.15) is 11.9 Å². The molecule has 1 fully saturated rings. The minimum Gasteiger partial charge on any atom is -0.466 e. The second-order valence-corrected chi connectivity index (χ2v) is 9.04. The Labute approximate surface area is 188 Å². The maximum atomic E-state index is 13.7. The van der Waals surface area contributed by atoms with Gasteiger partial charge < -0.3 is 15.2 Å². The number of hydrogen-bond acceptors (Lipinski definition) is 7. The fraction of sp³-hybridized carbons (Fsp3) is 0.409. The van der Waals surface area contributed by atoms with Crippen LogP contribution < -0.4 is 5.32 Å². The summed E-state index contributed by atoms with van der Waals surface area (Å²) in [5.74, 6) is -0.252. The highest BCUT2D eigenvalue weighted by atomic mass is 35.5. The third-order valence-corrected chi connectivity index (χ3v) is 6.93. The Morgan fingerprint density at radius 3 is 2.94 bits per heavy atom. The van der Waals surface area contributed by atoms with Gasteiger partial charge >= 0.3 is 5.97 Å². The van der Waals surface area contributed by atoms with Crippen molar-refractivity contribution in [1.82, 2.24) is 10.3 Å². The Balaban J connectivity index is 1.87. The number of aliphatic hydroxyl groups is 1. The number of nitrogens with one attached hydrogen (secondary N) is 1. The van der Waals surface area contributed by atoms with Crippen molar-refractivity contribution in [2.24, 2.45) is 16.8 Å². The van der Waals surface area contributed by atoms with Crippen LogP contribution in [0.3, 0.4) is 0 Å². The van der Waals surface area contributed by atoms with Gasteiger partial charge in [0, 0.05) is 40.4 Å². The molecular weight excluding hydrogens is 441 g/mol. The molecular formula is C22H23ClFN3O3S. The lowest BCUT2D eigenvalue weighted by atomic mass is 9.77. The average molecular weight is 464 g/mol. The van der Waals surface area contributed by atoms with Crippen LogP contribution in [0.5, 0.6) is 0 Å². The molecule has 9 heteroatoms. The molecule has 2 heterocycles. The van der Waals surface area contributed by atoms with E-state index in [-0.39, 0.29) is 23.5 Å². The van der Waals surface area contributed by atoms with Crippen molar-refractivity contribution in [3.8, 4) is 0 Å². The van der Waals surface area contributed by atoms with Crippen LogP contribution in [-0.4, -0.2) is 35.6 Å². The molecule has 2 aliphatic rings. The molecule has 3 unspecified atom stereocenters. The lowest BCUT2D eigenvalue weighted by molar-refractivity contribution is -0.136. The molecule has 1 aliphatic carbocycles. The van der Waals surface area contributed by atoms with Crippen molar-refractivity contribution >= 4 is 34.7 Å². The first-order valence-electron chi connectivity index (χ1n) is 10.1. The van der Waals surface area contributed by atoms with Gasteiger partial charge in [0.15, 0.2) is 10.8 Å². The largest absolute Gasteiger partial charge is 0.466 e. The molecule has 1 aliphatic heterocycles. The quantitative estimate of drug-likeness (QED) is 0.647. The average Bonchev–Trinajstić information content (AvgIpc) is 3.33. The van der Waals surface area contributed by atoms with E-state index in [1.165, 1.54) is 30.6 Å². The molecule has 2 N–H and O–H groups in total. The molecule has 2 aromatic rings. The van der Waals surface area contributed by atoms with E-state index in [9.17, 15) is 14.3 Å². The van der Waals surface area contributed by atoms with E-state index in [0.29, 0.717) is 22.0 Å². The number of aliphatic hydroxyl groups excluding tert-OH is 1. The van der Waals surface area contributed by atoms with Gasteiger partial charge in [-0.15, -0.1) is 11.3 Å². The van der Waals surface area contributed by atoms with Gasteiger partial charge in [-0.25, -0.2) is 14.2 Å². The monoisotopic (exact) mass is 463 g/mol. The predicted octanol–water partition coefficient (Wildman–Crippen LogP) is 4.25. The molecule has 0 amide bonds. The summed E-state index contributed by atoms with van der Waals surface area (Å²) < 4.78 is 18.8. The summed E-state index contributed by atoms with van der Waals surface area (Å²) in [7, 11) is 1.33. The highest BCUT2D eigenvalue weighted by molar-refractivity contribution is 7.11. The summed E-state index contributed by atoms with van der Waals surface area (Å²) in [6.45, 7) is 0.109. The smallest absolute Gasteiger partial charge is 0.338 e. The van der Waals surface area contributed by atoms with Gasteiger partial charge in [-0.1, -0.05) is 24.1 Å². The fourth-order valence-corrected chi connectivity index (χ4v) is 5.20. The van der Waals surface area contributed by atoms with Crippen LogP contribution in [-0.2, 0) is 9.53 Å². The normalized spacial score (nSPS) is 23.9. The maximum Gasteiger partial charge on any atom is 0.338 e. The van der Waals surface area contributed by atoms with Crippen LogP contribution in [0.4, 0.5) is 4.39 Å². The van der Waals surface area contributed by atoms with E-state index in [1.807, 2.05) is 5.38 Å². The maximum absolute atomic E-state index is 13.7. The van der Waals surface area contributed by atoms with Crippen LogP contribution in [0.1, 0.15) is 42.3 Å². The number of aliphatic imine (C=N–C) groups is 1. The van der Waals surface area contributed by atoms with E-state index in [2.05, 4.69) is 10.3 Å². The number of rotatable bonds is 5. The van der Waals surface area contributed by atoms with Gasteiger partial charge in [0.2, 0.25) is 0 Å². The Hall–Kier alpha value is -2.29. The molecule has 3 atom stereocenters. The van der Waals surface area contributed by atoms with E-state index >= 15 is 0 Å². The molecule has 0 radical (unpaired) electrons. The number of benzene rings is 1. The van der Waals surface area contributed by atoms with Crippen LogP contribution in [0.25, 0.3) is 0 Å². The molecule has 6 nitrogen and oxygen atoms in total. The van der Waals surface area contributed by atoms with Crippen molar-refractivity contribution in [2.45, 2.75) is 31.7 Å². The molecule has 0 bridgehead atoms. The molecule has 0 saturated heterocycles. The minimum absolute atomic E-state index is 0.0205. The molecule has 1 aromatic carbocycles. The zero-order valence-corrected chi connectivity index (χ0v) is 18.5. The number of allylic oxidation sites excluding steroid dienone is 1. The van der Waals surface area contributed by atoms with Gasteiger partial charge in [-0.05, 0) is 37.3 Å². The van der Waals surface area contributed by atoms with Crippen molar-refractivity contribution < 1.29 is 19.0 Å². The zero-order valence-electron chi connectivity index (χ0n) is 17.0. The summed E-state index contributed by atoms with van der Waals surface area (Å²) in [4.78, 5) is 22.1. The summed E-state index contributed by atoms with van der Waals surface area (Å²) >= 11 is 7.80. The molecule has 31 heavy (non-hydrogen) atoms. The summed E-state index contributed by atoms with van der Waals surface area (Å²) in [5, 5.41) is 15.8. The number of ether oxygens (including phenoxy) is 1. The predicted molar refractivity (Wildman–Crippen MR) is 118 cm³/mol. The number of nitrogens with zero attached hydrogens (tertiary/aromatic N) is 2. The lowest BCUT2D eigenvalue weighted by Crippen LogP contribution is -2.38. The van der Waals surface area contributed by atoms with Gasteiger partial charge in [-0.2, -0.15) is 0 Å². The Bertz CT molecular complexity index is 1030. The number of halogens is 2. The molecule has 164 valence electrons. The number of hydrogen-bond donors (Lipinski definition) is 2. The topological polar surface area (TPSA) is 83.8 Å². The Morgan fingerprint density at radius 1 is 1.42 bits per heavy atom. The SMILES string of the molecule is COC(=O)C1=C(C2CCCC(CO)C2)NC(c2nccs2)=NC1c1ccc(F)cc1Cl. The highest BCUT2D eigenvalue weighted by Crippen LogP contribution is 2.42. The van der Waals surface area contributed by atoms with Crippen molar-refractivity contribution in [3.05, 3.63) is 62.5 Å². The van der Waals surface area contributed by atoms with E-state index < -0.39 is 17.8 Å². The molecule has 4 rings (SSSR count). The fourth-order valence-electron chi connectivity index (χ4n) is 4.34. The number of thiazole rings is 1. The zero-order chi connectivity index (χ0) is 22.0. The van der Waals surface area contributed by atoms with Gasteiger partial charge in [-0.3, -0.25) is 4.99 Å². The third kappa shape index (κ3) is 4.51. The number of amidine groups is 1. The number of carbonyl (C=O) groups is 1. The van der Waals surface area contributed by atoms with Crippen LogP contribution in [0, 0.1) is 17.7 Å². The molecule has 1 saturated carbocycles. The standard InChI is InChI=1S/C22H23ClFN3O3S/c1-30-22(29)17-18(13-4-2-3-12(9-13)11-28)26-20(21-25-7-8-31-21)27-19(17)15-6-5-14(24)10-16(15)23/h5-8,10,12-13,19,28H,2-4,9,11H2,1H3,(H,26,27). The first-order chi connectivity index (χ1) is 15.0. The summed E-state index contributed by atoms with van der Waals surface area (Å²) in [6, 6.07) is 3.31. The van der Waals surface area contributed by atoms with Crippen molar-refractivity contribution in [3.63, 3.8) is 0 Å². The van der Waals surface area contributed by atoms with Crippen molar-refractivity contribution in [1.29, 1.82) is 0 Å². The van der Waals surface area contributed by atoms with Gasteiger partial charge in [0.25, 0.3) is 0 Å². The van der Waals surface area contributed by atoms with Gasteiger partial charge in [0.05, 0.1) is 12.7 Å². The Kier molecular flexibility index (Phi) is 6.69. The Morgan fingerprint density at radius 2 is 2.26 bits per heavy atom. The number of carbonyl (C=O) groups excluding carboxylic acids is 1. The van der Waals surface area contributed by atoms with Crippen LogP contribution in [0.2, 0.25) is 5.02 Å². The summed E-state index contributed by atoms with van der Waals surface area (Å²) in [5.41, 5.74) is 1.60. The lowest BCUT2D eigenvalue weighted by Gasteiger charge is -2.35. The second-order valence-electron chi connectivity index (χ2n) is 7.74. The van der Waals surface area contributed by atoms with E-state index in [4.69, 9.17) is 21.3 Å². The molecule has 1 aromatic heterocycles. The van der Waals surface area contributed by atoms with Crippen LogP contribution in [0.15, 0.2) is 46.0 Å². The highest BCUT2D eigenvalue weighted by Gasteiger charge is 2.37. The first-order valence-corrected chi connectivity index (χ1v) is 11.4. The number of esters is 1. The minimum atomic E-state index is -0.759. The van der Waals surface area contributed by atoms with E-state index in [1.54, 1.807) is 12.3 Å². The van der Waals surface area contributed by atoms with E-state index in [0.717, 1.165) is 31.4 Å². The number of aromatic nitrogens is 1. The third-order valence-electron chi connectivity index (χ3n) is 5.82. The molecule has 0 spiro atoms. The number of methoxy groups -OCH3 is 1. The first kappa shape index (κ1) is 21.9. The van der Waals surface area contributed by atoms with Crippen LogP contribution >= 0.6 is 22.9 Å². The second kappa shape index (κ2) is 9.46. The van der Waals surface area contributed by atoms with Crippen molar-refractivity contribution in [2.75, 3.05) is 13.7 Å².